The number of aromatic amines is 1. The summed E-state index contributed by atoms with van der Waals surface area (Å²) in [5.41, 5.74) is 8.51. The molecule has 0 saturated heterocycles. The normalized spacial score (nSPS) is 12.2. The summed E-state index contributed by atoms with van der Waals surface area (Å²) in [7, 11) is -3.66. The lowest BCUT2D eigenvalue weighted by molar-refractivity contribution is 0.598. The molecule has 6 heteroatoms. The van der Waals surface area contributed by atoms with Crippen LogP contribution in [0.5, 0.6) is 0 Å². The van der Waals surface area contributed by atoms with Crippen LogP contribution >= 0.6 is 0 Å². The molecule has 0 radical (unpaired) electrons. The fraction of sp³-hybridized carbons (Fsp3) is 0.273. The van der Waals surface area contributed by atoms with Gasteiger partial charge in [-0.15, -0.1) is 0 Å². The first kappa shape index (κ1) is 12.1. The average Bonchev–Trinajstić information content (AvgIpc) is 2.54. The highest BCUT2D eigenvalue weighted by molar-refractivity contribution is 7.89. The molecule has 0 unspecified atom stereocenters. The highest BCUT2D eigenvalue weighted by Gasteiger charge is 2.12. The Balaban J connectivity index is 2.70. The van der Waals surface area contributed by atoms with E-state index in [0.717, 1.165) is 22.2 Å². The first-order chi connectivity index (χ1) is 7.93. The second-order valence-corrected chi connectivity index (χ2v) is 5.58. The molecule has 92 valence electrons. The Morgan fingerprint density at radius 1 is 1.35 bits per heavy atom. The van der Waals surface area contributed by atoms with Crippen LogP contribution in [0, 0.1) is 6.92 Å². The zero-order valence-corrected chi connectivity index (χ0v) is 10.3. The number of nitrogens with one attached hydrogen (secondary N) is 1. The van der Waals surface area contributed by atoms with Gasteiger partial charge in [-0.05, 0) is 43.7 Å². The lowest BCUT2D eigenvalue weighted by Crippen LogP contribution is -2.11. The first-order valence-corrected chi connectivity index (χ1v) is 6.82. The van der Waals surface area contributed by atoms with E-state index in [9.17, 15) is 8.42 Å². The van der Waals surface area contributed by atoms with Gasteiger partial charge in [0, 0.05) is 16.6 Å². The van der Waals surface area contributed by atoms with Gasteiger partial charge in [-0.3, -0.25) is 0 Å². The van der Waals surface area contributed by atoms with Crippen molar-refractivity contribution >= 4 is 20.9 Å². The Hall–Kier alpha value is -1.37. The number of aromatic nitrogens is 1. The third kappa shape index (κ3) is 2.19. The van der Waals surface area contributed by atoms with Crippen molar-refractivity contribution < 1.29 is 8.42 Å². The van der Waals surface area contributed by atoms with E-state index in [2.05, 4.69) is 4.98 Å². The summed E-state index contributed by atoms with van der Waals surface area (Å²) in [4.78, 5) is 3.33. The fourth-order valence-corrected chi connectivity index (χ4v) is 2.54. The Bertz CT molecular complexity index is 659. The van der Waals surface area contributed by atoms with Crippen LogP contribution in [0.1, 0.15) is 11.3 Å². The number of fused-ring (bicyclic) bond motifs is 1. The Morgan fingerprint density at radius 3 is 2.65 bits per heavy atom. The highest BCUT2D eigenvalue weighted by atomic mass is 32.2. The molecule has 0 bridgehead atoms. The van der Waals surface area contributed by atoms with Crippen molar-refractivity contribution in [3.05, 3.63) is 29.5 Å². The number of hydrogen-bond donors (Lipinski definition) is 3. The van der Waals surface area contributed by atoms with Gasteiger partial charge in [0.15, 0.2) is 0 Å². The van der Waals surface area contributed by atoms with E-state index in [0.29, 0.717) is 13.0 Å². The molecular formula is C11H15N3O2S. The van der Waals surface area contributed by atoms with Crippen LogP contribution in [0.15, 0.2) is 23.1 Å². The Labute approximate surface area is 99.9 Å². The van der Waals surface area contributed by atoms with Crippen molar-refractivity contribution in [2.24, 2.45) is 10.9 Å². The monoisotopic (exact) mass is 253 g/mol. The third-order valence-electron chi connectivity index (χ3n) is 2.81. The number of benzene rings is 1. The lowest BCUT2D eigenvalue weighted by Gasteiger charge is -2.01. The van der Waals surface area contributed by atoms with Gasteiger partial charge in [0.1, 0.15) is 0 Å². The molecule has 1 aromatic heterocycles. The van der Waals surface area contributed by atoms with Crippen LogP contribution in [-0.2, 0) is 16.4 Å². The largest absolute Gasteiger partial charge is 0.358 e. The predicted molar refractivity (Wildman–Crippen MR) is 67.2 cm³/mol. The van der Waals surface area contributed by atoms with Gasteiger partial charge in [-0.25, -0.2) is 13.6 Å². The fourth-order valence-electron chi connectivity index (χ4n) is 2.00. The molecule has 1 heterocycles. The maximum atomic E-state index is 11.3. The minimum Gasteiger partial charge on any atom is -0.358 e. The van der Waals surface area contributed by atoms with Gasteiger partial charge in [-0.1, -0.05) is 0 Å². The summed E-state index contributed by atoms with van der Waals surface area (Å²) >= 11 is 0. The Kier molecular flexibility index (Phi) is 2.94. The van der Waals surface area contributed by atoms with E-state index in [-0.39, 0.29) is 4.90 Å². The molecule has 1 aromatic carbocycles. The lowest BCUT2D eigenvalue weighted by atomic mass is 10.1. The quantitative estimate of drug-likeness (QED) is 0.747. The van der Waals surface area contributed by atoms with Gasteiger partial charge in [-0.2, -0.15) is 0 Å². The van der Waals surface area contributed by atoms with Gasteiger partial charge < -0.3 is 10.7 Å². The van der Waals surface area contributed by atoms with Crippen molar-refractivity contribution in [2.45, 2.75) is 18.2 Å². The van der Waals surface area contributed by atoms with E-state index in [4.69, 9.17) is 10.9 Å². The first-order valence-electron chi connectivity index (χ1n) is 5.27. The summed E-state index contributed by atoms with van der Waals surface area (Å²) in [5, 5.41) is 5.99. The summed E-state index contributed by atoms with van der Waals surface area (Å²) in [6, 6.07) is 4.82. The number of rotatable bonds is 3. The standard InChI is InChI=1S/C11H15N3O2S/c1-7-9(4-5-12)10-6-8(17(13,15)16)2-3-11(10)14-7/h2-3,6,14H,4-5,12H2,1H3,(H2,13,15,16). The molecule has 0 aliphatic carbocycles. The van der Waals surface area contributed by atoms with Gasteiger partial charge in [0.25, 0.3) is 0 Å². The molecule has 5 nitrogen and oxygen atoms in total. The van der Waals surface area contributed by atoms with Crippen molar-refractivity contribution in [3.63, 3.8) is 0 Å². The maximum Gasteiger partial charge on any atom is 0.238 e. The SMILES string of the molecule is Cc1[nH]c2ccc(S(N)(=O)=O)cc2c1CCN. The van der Waals surface area contributed by atoms with Crippen LogP contribution in [-0.4, -0.2) is 19.9 Å². The predicted octanol–water partition coefficient (Wildman–Crippen LogP) is 0.625. The number of sulfonamides is 1. The van der Waals surface area contributed by atoms with Crippen molar-refractivity contribution in [2.75, 3.05) is 6.54 Å². The summed E-state index contributed by atoms with van der Waals surface area (Å²) < 4.78 is 22.6. The van der Waals surface area contributed by atoms with Crippen LogP contribution in [0.25, 0.3) is 10.9 Å². The van der Waals surface area contributed by atoms with E-state index < -0.39 is 10.0 Å². The summed E-state index contributed by atoms with van der Waals surface area (Å²) in [6.07, 6.45) is 0.708. The van der Waals surface area contributed by atoms with E-state index in [1.54, 1.807) is 12.1 Å². The topological polar surface area (TPSA) is 102 Å². The zero-order valence-electron chi connectivity index (χ0n) is 9.53. The Morgan fingerprint density at radius 2 is 2.06 bits per heavy atom. The second kappa shape index (κ2) is 4.14. The van der Waals surface area contributed by atoms with E-state index in [1.165, 1.54) is 6.07 Å². The molecule has 17 heavy (non-hydrogen) atoms. The molecule has 5 N–H and O–H groups in total. The zero-order chi connectivity index (χ0) is 12.6. The smallest absolute Gasteiger partial charge is 0.238 e. The maximum absolute atomic E-state index is 11.3. The number of aryl methyl sites for hydroxylation is 1. The molecule has 2 aromatic rings. The van der Waals surface area contributed by atoms with Gasteiger partial charge >= 0.3 is 0 Å². The minimum atomic E-state index is -3.66. The average molecular weight is 253 g/mol. The number of H-pyrrole nitrogens is 1. The molecule has 0 aliphatic heterocycles. The molecular weight excluding hydrogens is 238 g/mol. The number of hydrogen-bond acceptors (Lipinski definition) is 3. The van der Waals surface area contributed by atoms with Gasteiger partial charge in [0.2, 0.25) is 10.0 Å². The summed E-state index contributed by atoms with van der Waals surface area (Å²) in [6.45, 7) is 2.47. The second-order valence-electron chi connectivity index (χ2n) is 4.02. The van der Waals surface area contributed by atoms with Crippen molar-refractivity contribution in [1.29, 1.82) is 0 Å². The number of nitrogens with two attached hydrogens (primary N) is 2. The van der Waals surface area contributed by atoms with Crippen LogP contribution in [0.4, 0.5) is 0 Å². The highest BCUT2D eigenvalue weighted by Crippen LogP contribution is 2.24. The minimum absolute atomic E-state index is 0.127. The van der Waals surface area contributed by atoms with Gasteiger partial charge in [0.05, 0.1) is 4.90 Å². The molecule has 0 aliphatic rings. The van der Waals surface area contributed by atoms with Crippen LogP contribution in [0.3, 0.4) is 0 Å². The molecule has 0 saturated carbocycles. The third-order valence-corrected chi connectivity index (χ3v) is 3.72. The van der Waals surface area contributed by atoms with E-state index in [1.807, 2.05) is 6.92 Å². The van der Waals surface area contributed by atoms with Crippen LogP contribution in [0.2, 0.25) is 0 Å². The van der Waals surface area contributed by atoms with Crippen molar-refractivity contribution in [1.82, 2.24) is 4.98 Å². The molecule has 2 rings (SSSR count). The molecule has 0 atom stereocenters. The molecule has 0 fully saturated rings. The molecule has 0 amide bonds. The molecule has 0 spiro atoms. The van der Waals surface area contributed by atoms with Crippen LogP contribution < -0.4 is 10.9 Å². The van der Waals surface area contributed by atoms with E-state index >= 15 is 0 Å². The number of primary sulfonamides is 1. The van der Waals surface area contributed by atoms with Crippen molar-refractivity contribution in [3.8, 4) is 0 Å². The summed E-state index contributed by atoms with van der Waals surface area (Å²) in [5.74, 6) is 0.